The standard InChI is InChI=1S/C11H23N3O/c1-8(6-11(12)13)14(3)7-10-5-4-9(2)15-10/h8-10H,4-7H2,1-3H3,(H3,12,13). The Morgan fingerprint density at radius 2 is 2.27 bits per heavy atom. The van der Waals surface area contributed by atoms with Crippen LogP contribution in [0.2, 0.25) is 0 Å². The molecule has 3 atom stereocenters. The smallest absolute Gasteiger partial charge is 0.0920 e. The fourth-order valence-corrected chi connectivity index (χ4v) is 1.99. The molecule has 1 aliphatic rings. The average Bonchev–Trinajstić information content (AvgIpc) is 2.50. The van der Waals surface area contributed by atoms with Crippen molar-refractivity contribution >= 4 is 5.84 Å². The number of likely N-dealkylation sites (N-methyl/N-ethyl adjacent to an activating group) is 1. The molecule has 0 spiro atoms. The molecule has 3 unspecified atom stereocenters. The lowest BCUT2D eigenvalue weighted by molar-refractivity contribution is 0.0303. The zero-order valence-electron chi connectivity index (χ0n) is 9.99. The number of nitrogens with two attached hydrogens (primary N) is 1. The Hall–Kier alpha value is -0.610. The third kappa shape index (κ3) is 4.18. The van der Waals surface area contributed by atoms with Crippen molar-refractivity contribution in [2.75, 3.05) is 13.6 Å². The van der Waals surface area contributed by atoms with E-state index in [4.69, 9.17) is 15.9 Å². The summed E-state index contributed by atoms with van der Waals surface area (Å²) in [5, 5.41) is 7.25. The van der Waals surface area contributed by atoms with Crippen LogP contribution in [-0.2, 0) is 4.74 Å². The van der Waals surface area contributed by atoms with Gasteiger partial charge in [0.15, 0.2) is 0 Å². The first kappa shape index (κ1) is 12.5. The Morgan fingerprint density at radius 1 is 1.60 bits per heavy atom. The van der Waals surface area contributed by atoms with Gasteiger partial charge in [0.2, 0.25) is 0 Å². The maximum absolute atomic E-state index is 7.25. The summed E-state index contributed by atoms with van der Waals surface area (Å²) in [7, 11) is 2.07. The molecule has 0 bridgehead atoms. The van der Waals surface area contributed by atoms with Crippen LogP contribution in [0.1, 0.15) is 33.1 Å². The third-order valence-electron chi connectivity index (χ3n) is 3.08. The minimum absolute atomic E-state index is 0.259. The van der Waals surface area contributed by atoms with Crippen LogP contribution in [-0.4, -0.2) is 42.6 Å². The van der Waals surface area contributed by atoms with E-state index in [9.17, 15) is 0 Å². The maximum Gasteiger partial charge on any atom is 0.0920 e. The van der Waals surface area contributed by atoms with E-state index in [1.54, 1.807) is 0 Å². The number of rotatable bonds is 5. The lowest BCUT2D eigenvalue weighted by Gasteiger charge is -2.26. The Morgan fingerprint density at radius 3 is 2.73 bits per heavy atom. The zero-order valence-corrected chi connectivity index (χ0v) is 9.99. The van der Waals surface area contributed by atoms with Crippen molar-refractivity contribution in [1.29, 1.82) is 5.41 Å². The highest BCUT2D eigenvalue weighted by atomic mass is 16.5. The van der Waals surface area contributed by atoms with E-state index in [1.807, 2.05) is 0 Å². The molecule has 1 fully saturated rings. The minimum Gasteiger partial charge on any atom is -0.388 e. The van der Waals surface area contributed by atoms with Gasteiger partial charge in [0.25, 0.3) is 0 Å². The SMILES string of the molecule is CC1CCC(CN(C)C(C)CC(=N)N)O1. The summed E-state index contributed by atoms with van der Waals surface area (Å²) in [6.45, 7) is 5.16. The van der Waals surface area contributed by atoms with Crippen molar-refractivity contribution in [3.05, 3.63) is 0 Å². The summed E-state index contributed by atoms with van der Waals surface area (Å²) < 4.78 is 5.76. The second kappa shape index (κ2) is 5.47. The molecule has 0 radical (unpaired) electrons. The van der Waals surface area contributed by atoms with Gasteiger partial charge in [-0.3, -0.25) is 5.41 Å². The van der Waals surface area contributed by atoms with Crippen molar-refractivity contribution in [2.24, 2.45) is 5.73 Å². The largest absolute Gasteiger partial charge is 0.388 e. The number of hydrogen-bond acceptors (Lipinski definition) is 3. The van der Waals surface area contributed by atoms with Crippen LogP contribution in [0.5, 0.6) is 0 Å². The van der Waals surface area contributed by atoms with Gasteiger partial charge in [-0.25, -0.2) is 0 Å². The summed E-state index contributed by atoms with van der Waals surface area (Å²) in [4.78, 5) is 2.23. The molecular formula is C11H23N3O. The molecule has 0 saturated carbocycles. The first-order chi connectivity index (χ1) is 6.99. The second-order valence-electron chi connectivity index (χ2n) is 4.66. The first-order valence-electron chi connectivity index (χ1n) is 5.67. The predicted octanol–water partition coefficient (Wildman–Crippen LogP) is 1.20. The number of nitrogens with zero attached hydrogens (tertiary/aromatic N) is 1. The number of nitrogens with one attached hydrogen (secondary N) is 1. The fraction of sp³-hybridized carbons (Fsp3) is 0.909. The van der Waals surface area contributed by atoms with Crippen LogP contribution in [0.15, 0.2) is 0 Å². The molecule has 15 heavy (non-hydrogen) atoms. The molecule has 0 amide bonds. The lowest BCUT2D eigenvalue weighted by atomic mass is 10.1. The Balaban J connectivity index is 2.28. The van der Waals surface area contributed by atoms with Crippen LogP contribution in [0.25, 0.3) is 0 Å². The van der Waals surface area contributed by atoms with Gasteiger partial charge in [-0.1, -0.05) is 0 Å². The van der Waals surface area contributed by atoms with E-state index in [-0.39, 0.29) is 5.84 Å². The second-order valence-corrected chi connectivity index (χ2v) is 4.66. The molecule has 1 aliphatic heterocycles. The highest BCUT2D eigenvalue weighted by Crippen LogP contribution is 2.20. The Labute approximate surface area is 92.3 Å². The molecule has 0 aromatic heterocycles. The number of amidine groups is 1. The van der Waals surface area contributed by atoms with E-state index >= 15 is 0 Å². The van der Waals surface area contributed by atoms with E-state index in [1.165, 1.54) is 6.42 Å². The molecule has 4 heteroatoms. The van der Waals surface area contributed by atoms with Gasteiger partial charge in [0.05, 0.1) is 18.0 Å². The molecule has 1 saturated heterocycles. The van der Waals surface area contributed by atoms with E-state index < -0.39 is 0 Å². The van der Waals surface area contributed by atoms with Crippen molar-refractivity contribution in [1.82, 2.24) is 4.90 Å². The minimum atomic E-state index is 0.259. The van der Waals surface area contributed by atoms with Crippen LogP contribution < -0.4 is 5.73 Å². The summed E-state index contributed by atoms with van der Waals surface area (Å²) >= 11 is 0. The van der Waals surface area contributed by atoms with Gasteiger partial charge >= 0.3 is 0 Å². The molecule has 4 nitrogen and oxygen atoms in total. The molecule has 3 N–H and O–H groups in total. The van der Waals surface area contributed by atoms with Gasteiger partial charge in [0.1, 0.15) is 0 Å². The quantitative estimate of drug-likeness (QED) is 0.533. The lowest BCUT2D eigenvalue weighted by Crippen LogP contribution is -2.38. The van der Waals surface area contributed by atoms with Crippen LogP contribution in [0.4, 0.5) is 0 Å². The van der Waals surface area contributed by atoms with Gasteiger partial charge in [-0.2, -0.15) is 0 Å². The molecule has 1 heterocycles. The number of ether oxygens (including phenoxy) is 1. The molecular weight excluding hydrogens is 190 g/mol. The van der Waals surface area contributed by atoms with Crippen molar-refractivity contribution < 1.29 is 4.74 Å². The summed E-state index contributed by atoms with van der Waals surface area (Å²) in [5.41, 5.74) is 5.39. The molecule has 0 aromatic rings. The van der Waals surface area contributed by atoms with E-state index in [0.29, 0.717) is 24.7 Å². The zero-order chi connectivity index (χ0) is 11.4. The van der Waals surface area contributed by atoms with Crippen molar-refractivity contribution in [3.8, 4) is 0 Å². The maximum atomic E-state index is 7.25. The molecule has 88 valence electrons. The first-order valence-corrected chi connectivity index (χ1v) is 5.67. The van der Waals surface area contributed by atoms with Crippen molar-refractivity contribution in [2.45, 2.75) is 51.4 Å². The molecule has 1 rings (SSSR count). The van der Waals surface area contributed by atoms with Gasteiger partial charge in [-0.05, 0) is 33.7 Å². The fourth-order valence-electron chi connectivity index (χ4n) is 1.99. The molecule has 0 aliphatic carbocycles. The number of hydrogen-bond donors (Lipinski definition) is 2. The average molecular weight is 213 g/mol. The Bertz CT molecular complexity index is 220. The molecule has 0 aromatic carbocycles. The summed E-state index contributed by atoms with van der Waals surface area (Å²) in [5.74, 6) is 0.259. The van der Waals surface area contributed by atoms with Gasteiger partial charge in [-0.15, -0.1) is 0 Å². The van der Waals surface area contributed by atoms with Gasteiger partial charge < -0.3 is 15.4 Å². The topological polar surface area (TPSA) is 62.3 Å². The van der Waals surface area contributed by atoms with Crippen molar-refractivity contribution in [3.63, 3.8) is 0 Å². The third-order valence-corrected chi connectivity index (χ3v) is 3.08. The summed E-state index contributed by atoms with van der Waals surface area (Å²) in [6, 6.07) is 0.321. The van der Waals surface area contributed by atoms with E-state index in [2.05, 4.69) is 25.8 Å². The van der Waals surface area contributed by atoms with Crippen LogP contribution in [0, 0.1) is 5.41 Å². The monoisotopic (exact) mass is 213 g/mol. The predicted molar refractivity (Wildman–Crippen MR) is 62.2 cm³/mol. The highest BCUT2D eigenvalue weighted by Gasteiger charge is 2.24. The normalized spacial score (nSPS) is 28.3. The Kier molecular flexibility index (Phi) is 4.54. The highest BCUT2D eigenvalue weighted by molar-refractivity contribution is 5.77. The van der Waals surface area contributed by atoms with Gasteiger partial charge in [0, 0.05) is 19.0 Å². The van der Waals surface area contributed by atoms with Crippen LogP contribution in [0.3, 0.4) is 0 Å². The summed E-state index contributed by atoms with van der Waals surface area (Å²) in [6.07, 6.45) is 3.72. The van der Waals surface area contributed by atoms with Crippen LogP contribution >= 0.6 is 0 Å². The van der Waals surface area contributed by atoms with E-state index in [0.717, 1.165) is 13.0 Å².